The molecule has 1 fully saturated rings. The van der Waals surface area contributed by atoms with Gasteiger partial charge in [-0.1, -0.05) is 24.3 Å². The molecule has 1 aromatic heterocycles. The third-order valence-electron chi connectivity index (χ3n) is 5.50. The van der Waals surface area contributed by atoms with Crippen molar-refractivity contribution < 1.29 is 23.5 Å². The van der Waals surface area contributed by atoms with Crippen molar-refractivity contribution in [2.45, 2.75) is 51.4 Å². The molecule has 29 heavy (non-hydrogen) atoms. The number of primary amides is 1. The number of benzene rings is 1. The minimum atomic E-state index is -2.93. The molecule has 2 aromatic rings. The van der Waals surface area contributed by atoms with E-state index in [1.807, 2.05) is 24.3 Å². The van der Waals surface area contributed by atoms with Gasteiger partial charge in [-0.15, -0.1) is 0 Å². The first-order valence-corrected chi connectivity index (χ1v) is 9.54. The number of aliphatic carboxylic acids is 1. The van der Waals surface area contributed by atoms with Crippen LogP contribution in [-0.4, -0.2) is 27.0 Å². The van der Waals surface area contributed by atoms with Crippen molar-refractivity contribution in [3.8, 4) is 11.3 Å². The maximum Gasteiger partial charge on any atom is 0.303 e. The number of nitrogens with zero attached hydrogens (tertiary/aromatic N) is 2. The number of hydrogen-bond donors (Lipinski definition) is 2. The van der Waals surface area contributed by atoms with Gasteiger partial charge in [0.25, 0.3) is 12.3 Å². The Morgan fingerprint density at radius 1 is 1.14 bits per heavy atom. The molecule has 3 N–H and O–H groups in total. The topological polar surface area (TPSA) is 106 Å². The smallest absolute Gasteiger partial charge is 0.303 e. The molecule has 0 saturated heterocycles. The predicted octanol–water partition coefficient (Wildman–Crippen LogP) is 4.24. The summed E-state index contributed by atoms with van der Waals surface area (Å²) in [5, 5.41) is 8.93. The van der Waals surface area contributed by atoms with Crippen LogP contribution < -0.4 is 5.73 Å². The van der Waals surface area contributed by atoms with Crippen LogP contribution in [0.3, 0.4) is 0 Å². The van der Waals surface area contributed by atoms with Crippen molar-refractivity contribution in [1.29, 1.82) is 0 Å². The van der Waals surface area contributed by atoms with Gasteiger partial charge in [0, 0.05) is 12.0 Å². The van der Waals surface area contributed by atoms with E-state index in [1.54, 1.807) is 6.92 Å². The fourth-order valence-electron chi connectivity index (χ4n) is 4.00. The number of rotatable bonds is 6. The molecule has 0 unspecified atom stereocenters. The second-order valence-corrected chi connectivity index (χ2v) is 7.49. The third kappa shape index (κ3) is 4.75. The van der Waals surface area contributed by atoms with Crippen molar-refractivity contribution in [1.82, 2.24) is 9.97 Å². The Kier molecular flexibility index (Phi) is 6.20. The highest BCUT2D eigenvalue weighted by Gasteiger charge is 2.25. The van der Waals surface area contributed by atoms with Crippen molar-refractivity contribution in [2.75, 3.05) is 0 Å². The molecular formula is C21H23F2N3O3. The number of aryl methyl sites for hydroxylation is 1. The molecule has 1 amide bonds. The number of hydrogen-bond acceptors (Lipinski definition) is 4. The summed E-state index contributed by atoms with van der Waals surface area (Å²) in [7, 11) is 0. The van der Waals surface area contributed by atoms with E-state index in [1.165, 1.54) is 0 Å². The maximum absolute atomic E-state index is 13.1. The zero-order chi connectivity index (χ0) is 21.1. The Bertz CT molecular complexity index is 908. The van der Waals surface area contributed by atoms with Crippen LogP contribution in [0, 0.1) is 12.8 Å². The summed E-state index contributed by atoms with van der Waals surface area (Å²) in [6.45, 7) is 1.57. The second-order valence-electron chi connectivity index (χ2n) is 7.49. The largest absolute Gasteiger partial charge is 0.481 e. The molecule has 0 spiro atoms. The molecule has 6 nitrogen and oxygen atoms in total. The molecule has 1 saturated carbocycles. The number of carboxylic acids is 1. The predicted molar refractivity (Wildman–Crippen MR) is 103 cm³/mol. The number of carboxylic acid groups (broad SMARTS) is 1. The Hall–Kier alpha value is -2.90. The fourth-order valence-corrected chi connectivity index (χ4v) is 4.00. The van der Waals surface area contributed by atoms with Crippen LogP contribution in [0.1, 0.15) is 71.9 Å². The summed E-state index contributed by atoms with van der Waals surface area (Å²) in [6, 6.07) is 7.60. The van der Waals surface area contributed by atoms with Crippen LogP contribution >= 0.6 is 0 Å². The molecule has 1 heterocycles. The lowest BCUT2D eigenvalue weighted by molar-refractivity contribution is -0.138. The van der Waals surface area contributed by atoms with Gasteiger partial charge in [0.05, 0.1) is 11.4 Å². The monoisotopic (exact) mass is 403 g/mol. The van der Waals surface area contributed by atoms with Gasteiger partial charge in [-0.3, -0.25) is 9.59 Å². The minimum absolute atomic E-state index is 0.223. The third-order valence-corrected chi connectivity index (χ3v) is 5.50. The van der Waals surface area contributed by atoms with Crippen LogP contribution in [0.15, 0.2) is 24.3 Å². The van der Waals surface area contributed by atoms with Gasteiger partial charge in [0.2, 0.25) is 0 Å². The lowest BCUT2D eigenvalue weighted by atomic mass is 9.77. The number of halogens is 2. The summed E-state index contributed by atoms with van der Waals surface area (Å²) in [4.78, 5) is 30.3. The molecule has 0 bridgehead atoms. The normalized spacial score (nSPS) is 19.3. The van der Waals surface area contributed by atoms with Gasteiger partial charge in [0.1, 0.15) is 5.69 Å². The summed E-state index contributed by atoms with van der Waals surface area (Å²) in [6.07, 6.45) is 0.938. The van der Waals surface area contributed by atoms with Gasteiger partial charge in [-0.2, -0.15) is 0 Å². The van der Waals surface area contributed by atoms with Crippen LogP contribution in [0.5, 0.6) is 0 Å². The molecule has 1 aliphatic carbocycles. The molecule has 0 aliphatic heterocycles. The van der Waals surface area contributed by atoms with E-state index < -0.39 is 29.7 Å². The summed E-state index contributed by atoms with van der Waals surface area (Å²) in [5.74, 6) is -1.18. The second kappa shape index (κ2) is 8.63. The number of amides is 1. The first-order chi connectivity index (χ1) is 13.8. The molecule has 1 aromatic carbocycles. The zero-order valence-electron chi connectivity index (χ0n) is 16.1. The Morgan fingerprint density at radius 2 is 1.76 bits per heavy atom. The Balaban J connectivity index is 1.80. The average Bonchev–Trinajstić information content (AvgIpc) is 2.68. The molecule has 1 aliphatic rings. The lowest BCUT2D eigenvalue weighted by Gasteiger charge is -2.28. The number of carbonyl (C=O) groups excluding carboxylic acids is 1. The highest BCUT2D eigenvalue weighted by atomic mass is 19.3. The summed E-state index contributed by atoms with van der Waals surface area (Å²) >= 11 is 0. The molecule has 0 atom stereocenters. The quantitative estimate of drug-likeness (QED) is 0.750. The minimum Gasteiger partial charge on any atom is -0.481 e. The standard InChI is InChI=1S/C21H23F2N3O3/c1-11-17(26-19(21(24)29)18(25-11)20(22)23)15-8-6-14(7-9-15)13-4-2-12(3-5-13)10-16(27)28/h6-9,12-13,20H,2-5,10H2,1H3,(H2,24,29)(H,27,28)/t12-,13+. The lowest BCUT2D eigenvalue weighted by Crippen LogP contribution is -2.19. The van der Waals surface area contributed by atoms with Crippen molar-refractivity contribution >= 4 is 11.9 Å². The van der Waals surface area contributed by atoms with E-state index in [9.17, 15) is 18.4 Å². The van der Waals surface area contributed by atoms with Crippen LogP contribution in [-0.2, 0) is 4.79 Å². The van der Waals surface area contributed by atoms with E-state index in [0.717, 1.165) is 31.2 Å². The van der Waals surface area contributed by atoms with E-state index in [2.05, 4.69) is 9.97 Å². The molecule has 3 rings (SSSR count). The summed E-state index contributed by atoms with van der Waals surface area (Å²) < 4.78 is 26.2. The fraction of sp³-hybridized carbons (Fsp3) is 0.429. The Morgan fingerprint density at radius 3 is 2.28 bits per heavy atom. The number of aromatic nitrogens is 2. The number of carbonyl (C=O) groups is 2. The highest BCUT2D eigenvalue weighted by Crippen LogP contribution is 2.37. The van der Waals surface area contributed by atoms with Crippen LogP contribution in [0.4, 0.5) is 8.78 Å². The van der Waals surface area contributed by atoms with Crippen molar-refractivity contribution in [3.05, 3.63) is 46.9 Å². The molecule has 0 radical (unpaired) electrons. The molecule has 154 valence electrons. The van der Waals surface area contributed by atoms with E-state index >= 15 is 0 Å². The first kappa shape index (κ1) is 20.8. The van der Waals surface area contributed by atoms with Crippen LogP contribution in [0.25, 0.3) is 11.3 Å². The van der Waals surface area contributed by atoms with Gasteiger partial charge >= 0.3 is 5.97 Å². The maximum atomic E-state index is 13.1. The average molecular weight is 403 g/mol. The van der Waals surface area contributed by atoms with Crippen LogP contribution in [0.2, 0.25) is 0 Å². The van der Waals surface area contributed by atoms with Gasteiger partial charge in [-0.25, -0.2) is 18.7 Å². The van der Waals surface area contributed by atoms with E-state index in [-0.39, 0.29) is 12.3 Å². The van der Waals surface area contributed by atoms with Crippen molar-refractivity contribution in [3.63, 3.8) is 0 Å². The Labute approximate surface area is 167 Å². The first-order valence-electron chi connectivity index (χ1n) is 9.54. The van der Waals surface area contributed by atoms with Gasteiger partial charge in [-0.05, 0) is 50.0 Å². The van der Waals surface area contributed by atoms with Gasteiger partial charge < -0.3 is 10.8 Å². The number of nitrogens with two attached hydrogens (primary N) is 1. The molecular weight excluding hydrogens is 380 g/mol. The van der Waals surface area contributed by atoms with Crippen molar-refractivity contribution in [2.24, 2.45) is 11.7 Å². The number of alkyl halides is 2. The zero-order valence-corrected chi connectivity index (χ0v) is 16.1. The molecule has 8 heteroatoms. The highest BCUT2D eigenvalue weighted by molar-refractivity contribution is 5.92. The van der Waals surface area contributed by atoms with E-state index in [4.69, 9.17) is 10.8 Å². The van der Waals surface area contributed by atoms with E-state index in [0.29, 0.717) is 22.9 Å². The SMILES string of the molecule is Cc1nc(C(F)F)c(C(N)=O)nc1-c1ccc([C@H]2CC[C@@H](CC(=O)O)CC2)cc1. The summed E-state index contributed by atoms with van der Waals surface area (Å²) in [5.41, 5.74) is 6.45. The van der Waals surface area contributed by atoms with Gasteiger partial charge in [0.15, 0.2) is 5.69 Å².